The Morgan fingerprint density at radius 1 is 0.881 bits per heavy atom. The Morgan fingerprint density at radius 3 is 2.08 bits per heavy atom. The normalized spacial score (nSPS) is 46.5. The molecule has 3 saturated heterocycles. The summed E-state index contributed by atoms with van der Waals surface area (Å²) in [6.07, 6.45) is 1.11. The number of hydrogen-bond acceptors (Lipinski definition) is 15. The van der Waals surface area contributed by atoms with E-state index < -0.39 is 108 Å². The van der Waals surface area contributed by atoms with Gasteiger partial charge in [-0.1, -0.05) is 57.2 Å². The van der Waals surface area contributed by atoms with E-state index in [1.54, 1.807) is 48.5 Å². The van der Waals surface area contributed by atoms with E-state index in [0.717, 1.165) is 0 Å². The van der Waals surface area contributed by atoms with Crippen LogP contribution in [-0.4, -0.2) is 154 Å². The van der Waals surface area contributed by atoms with Gasteiger partial charge >= 0.3 is 5.97 Å². The fraction of sp³-hybridized carbons (Fsp3) is 0.818. The number of rotatable bonds is 9. The monoisotopic (exact) mass is 839 g/mol. The third kappa shape index (κ3) is 11.4. The molecule has 15 heteroatoms. The Hall–Kier alpha value is -2.28. The number of esters is 1. The summed E-state index contributed by atoms with van der Waals surface area (Å²) in [5.74, 6) is -4.07. The van der Waals surface area contributed by atoms with Gasteiger partial charge < -0.3 is 63.7 Å². The van der Waals surface area contributed by atoms with Crippen LogP contribution in [-0.2, 0) is 38.1 Å². The lowest BCUT2D eigenvalue weighted by molar-refractivity contribution is -0.317. The van der Waals surface area contributed by atoms with E-state index in [0.29, 0.717) is 12.1 Å². The third-order valence-electron chi connectivity index (χ3n) is 13.1. The number of oxime groups is 1. The van der Waals surface area contributed by atoms with Gasteiger partial charge in [0.2, 0.25) is 0 Å². The number of aliphatic hydroxyl groups is 5. The molecule has 0 radical (unpaired) electrons. The van der Waals surface area contributed by atoms with E-state index in [4.69, 9.17) is 33.3 Å². The number of ether oxygens (including phenoxy) is 6. The zero-order chi connectivity index (χ0) is 44.2. The molecule has 15 nitrogen and oxygen atoms in total. The lowest BCUT2D eigenvalue weighted by atomic mass is 9.73. The highest BCUT2D eigenvalue weighted by Gasteiger charge is 2.53. The van der Waals surface area contributed by atoms with Crippen LogP contribution in [0.3, 0.4) is 0 Å². The van der Waals surface area contributed by atoms with Gasteiger partial charge in [-0.15, -0.1) is 0 Å². The molecule has 3 aliphatic heterocycles. The quantitative estimate of drug-likeness (QED) is 0.167. The summed E-state index contributed by atoms with van der Waals surface area (Å²) < 4.78 is 37.8. The molecule has 338 valence electrons. The highest BCUT2D eigenvalue weighted by atomic mass is 16.7. The van der Waals surface area contributed by atoms with Crippen molar-refractivity contribution in [1.82, 2.24) is 4.90 Å². The molecule has 0 aromatic carbocycles. The molecule has 1 aliphatic carbocycles. The molecule has 3 heterocycles. The largest absolute Gasteiger partial charge is 0.459 e. The molecular formula is C44H74N2O13. The molecule has 0 amide bonds. The third-order valence-corrected chi connectivity index (χ3v) is 13.1. The molecule has 5 N–H and O–H groups in total. The number of nitrogens with zero attached hydrogens (tertiary/aromatic N) is 2. The maximum Gasteiger partial charge on any atom is 0.311 e. The van der Waals surface area contributed by atoms with E-state index in [-0.39, 0.29) is 31.4 Å². The van der Waals surface area contributed by atoms with Crippen molar-refractivity contribution >= 4 is 11.7 Å². The summed E-state index contributed by atoms with van der Waals surface area (Å²) in [6.45, 7) is 17.1. The van der Waals surface area contributed by atoms with Gasteiger partial charge in [-0.3, -0.25) is 4.79 Å². The summed E-state index contributed by atoms with van der Waals surface area (Å²) in [5.41, 5.74) is -4.42. The van der Waals surface area contributed by atoms with E-state index in [9.17, 15) is 30.3 Å². The van der Waals surface area contributed by atoms with Crippen molar-refractivity contribution in [2.24, 2.45) is 28.8 Å². The molecule has 0 aromatic heterocycles. The molecule has 4 aliphatic rings. The van der Waals surface area contributed by atoms with Crippen LogP contribution >= 0.6 is 0 Å². The van der Waals surface area contributed by atoms with Crippen LogP contribution in [0.25, 0.3) is 0 Å². The lowest BCUT2D eigenvalue weighted by Gasteiger charge is -2.49. The Balaban J connectivity index is 1.88. The van der Waals surface area contributed by atoms with Crippen LogP contribution in [0.2, 0.25) is 0 Å². The number of carbonyl (C=O) groups excluding carboxylic acids is 1. The first kappa shape index (κ1) is 49.4. The number of allylic oxidation sites excluding steroid dienone is 4. The number of cyclic esters (lactones) is 1. The van der Waals surface area contributed by atoms with Gasteiger partial charge in [-0.2, -0.15) is 0 Å². The average Bonchev–Trinajstić information content (AvgIpc) is 3.45. The van der Waals surface area contributed by atoms with Crippen molar-refractivity contribution in [3.8, 4) is 0 Å². The van der Waals surface area contributed by atoms with Gasteiger partial charge in [-0.25, -0.2) is 0 Å². The van der Waals surface area contributed by atoms with E-state index >= 15 is 0 Å². The second-order valence-corrected chi connectivity index (χ2v) is 18.3. The predicted molar refractivity (Wildman–Crippen MR) is 221 cm³/mol. The van der Waals surface area contributed by atoms with Crippen molar-refractivity contribution in [1.29, 1.82) is 0 Å². The van der Waals surface area contributed by atoms with Crippen molar-refractivity contribution in [3.63, 3.8) is 0 Å². The first-order valence-corrected chi connectivity index (χ1v) is 21.3. The number of hydrogen-bond donors (Lipinski definition) is 5. The van der Waals surface area contributed by atoms with Crippen molar-refractivity contribution in [3.05, 3.63) is 36.5 Å². The lowest BCUT2D eigenvalue weighted by Crippen LogP contribution is -2.61. The molecule has 0 spiro atoms. The van der Waals surface area contributed by atoms with Crippen molar-refractivity contribution in [2.75, 3.05) is 21.2 Å². The molecule has 3 fully saturated rings. The maximum atomic E-state index is 14.4. The summed E-state index contributed by atoms with van der Waals surface area (Å²) >= 11 is 0. The first-order valence-electron chi connectivity index (χ1n) is 21.3. The highest BCUT2D eigenvalue weighted by Crippen LogP contribution is 2.41. The van der Waals surface area contributed by atoms with Gasteiger partial charge in [0.25, 0.3) is 0 Å². The summed E-state index contributed by atoms with van der Waals surface area (Å²) in [6, 6.07) is -0.322. The minimum atomic E-state index is -1.96. The molecule has 0 saturated carbocycles. The van der Waals surface area contributed by atoms with E-state index in [1.807, 2.05) is 69.3 Å². The smallest absolute Gasteiger partial charge is 0.311 e. The van der Waals surface area contributed by atoms with Gasteiger partial charge in [0.1, 0.15) is 23.9 Å². The van der Waals surface area contributed by atoms with Crippen LogP contribution in [0.4, 0.5) is 0 Å². The Kier molecular flexibility index (Phi) is 17.0. The SMILES string of the molecule is CC[C@H]1OC(=O)[C@H](C)[C@@H](O[C@H]2C[C@@](C)(OC)[C@@H](O)[C@H](C)O2)[C@H](C)[C@@H](O[C@@H]2O[C@H](C)C[C@H](N(C)C)[C@H]2O)C(C)(O)C[C@H](C)C(=NOC2C=CC=CC=C2)[C@H](C)[C@@H](O)[C@]1(C)O. The minimum absolute atomic E-state index is 0.00949. The molecule has 59 heavy (non-hydrogen) atoms. The summed E-state index contributed by atoms with van der Waals surface area (Å²) in [7, 11) is 5.24. The Morgan fingerprint density at radius 2 is 1.51 bits per heavy atom. The van der Waals surface area contributed by atoms with Crippen LogP contribution < -0.4 is 0 Å². The molecule has 18 atom stereocenters. The van der Waals surface area contributed by atoms with Crippen molar-refractivity contribution in [2.45, 2.75) is 185 Å². The van der Waals surface area contributed by atoms with E-state index in [2.05, 4.69) is 5.16 Å². The molecular weight excluding hydrogens is 764 g/mol. The predicted octanol–water partition coefficient (Wildman–Crippen LogP) is 3.64. The number of likely N-dealkylation sites (N-methyl/N-ethyl adjacent to an activating group) is 1. The second-order valence-electron chi connectivity index (χ2n) is 18.3. The molecule has 4 rings (SSSR count). The van der Waals surface area contributed by atoms with Gasteiger partial charge in [0.15, 0.2) is 18.7 Å². The standard InChI is InChI=1S/C44H74N2O13/c1-14-32-44(10,52)37(48)26(4)34(45-59-30-19-17-15-16-18-20-30)24(2)22-42(8,51)39(58-41-35(47)31(46(11)12)21-25(3)54-41)27(5)36(28(6)40(50)56-32)57-33-23-43(9,53-13)38(49)29(7)55-33/h15-20,24-33,35-39,41,47-49,51-52H,14,21-23H2,1-13H3/t24-,25+,26-,27-,28+,29-,31-,32+,33-,35+,36-,37+,38-,39+,41-,42?,43+,44+/m0/s1. The van der Waals surface area contributed by atoms with Crippen molar-refractivity contribution < 1.29 is 63.6 Å². The topological polar surface area (TPSA) is 198 Å². The van der Waals surface area contributed by atoms with Crippen LogP contribution in [0.5, 0.6) is 0 Å². The molecule has 0 bridgehead atoms. The molecule has 0 aromatic rings. The van der Waals surface area contributed by atoms with Gasteiger partial charge in [0, 0.05) is 37.3 Å². The minimum Gasteiger partial charge on any atom is -0.459 e. The van der Waals surface area contributed by atoms with E-state index in [1.165, 1.54) is 14.0 Å². The number of carbonyl (C=O) groups is 1. The number of aliphatic hydroxyl groups excluding tert-OH is 3. The Labute approximate surface area is 351 Å². The second kappa shape index (κ2) is 20.3. The highest BCUT2D eigenvalue weighted by molar-refractivity contribution is 5.88. The van der Waals surface area contributed by atoms with Gasteiger partial charge in [0.05, 0.1) is 53.4 Å². The zero-order valence-electron chi connectivity index (χ0n) is 37.4. The molecule has 1 unspecified atom stereocenters. The van der Waals surface area contributed by atoms with Crippen LogP contribution in [0.1, 0.15) is 94.9 Å². The maximum absolute atomic E-state index is 14.4. The zero-order valence-corrected chi connectivity index (χ0v) is 37.4. The average molecular weight is 839 g/mol. The fourth-order valence-electron chi connectivity index (χ4n) is 9.33. The number of methoxy groups -OCH3 is 1. The van der Waals surface area contributed by atoms with Crippen LogP contribution in [0, 0.1) is 23.7 Å². The Bertz CT molecular complexity index is 1480. The van der Waals surface area contributed by atoms with Gasteiger partial charge in [-0.05, 0) is 87.1 Å². The fourth-order valence-corrected chi connectivity index (χ4v) is 9.33. The summed E-state index contributed by atoms with van der Waals surface area (Å²) in [4.78, 5) is 22.3. The first-order chi connectivity index (χ1) is 27.5. The summed E-state index contributed by atoms with van der Waals surface area (Å²) in [5, 5.41) is 64.1. The van der Waals surface area contributed by atoms with Crippen LogP contribution in [0.15, 0.2) is 41.6 Å².